The molecule has 1 aromatic rings. The molecule has 2 N–H and O–H groups in total. The van der Waals surface area contributed by atoms with E-state index in [1.165, 1.54) is 12.4 Å². The minimum atomic E-state index is -2.52. The fourth-order valence-corrected chi connectivity index (χ4v) is 1.33. The highest BCUT2D eigenvalue weighted by molar-refractivity contribution is 4.92. The molecule has 15 heavy (non-hydrogen) atoms. The molecule has 0 aromatic carbocycles. The SMILES string of the molecule is CN(CCCN)Cc1nccn1C(F)F. The van der Waals surface area contributed by atoms with E-state index in [0.29, 0.717) is 18.9 Å². The lowest BCUT2D eigenvalue weighted by molar-refractivity contribution is 0.0646. The van der Waals surface area contributed by atoms with Gasteiger partial charge in [0.25, 0.3) is 0 Å². The molecule has 0 aliphatic carbocycles. The van der Waals surface area contributed by atoms with Crippen LogP contribution in [0.5, 0.6) is 0 Å². The van der Waals surface area contributed by atoms with Crippen LogP contribution >= 0.6 is 0 Å². The predicted molar refractivity (Wildman–Crippen MR) is 53.5 cm³/mol. The van der Waals surface area contributed by atoms with Gasteiger partial charge in [-0.2, -0.15) is 8.78 Å². The van der Waals surface area contributed by atoms with E-state index in [4.69, 9.17) is 5.73 Å². The number of rotatable bonds is 6. The summed E-state index contributed by atoms with van der Waals surface area (Å²) >= 11 is 0. The van der Waals surface area contributed by atoms with Crippen molar-refractivity contribution in [2.75, 3.05) is 20.1 Å². The molecule has 0 radical (unpaired) electrons. The Morgan fingerprint density at radius 2 is 2.33 bits per heavy atom. The number of imidazole rings is 1. The summed E-state index contributed by atoms with van der Waals surface area (Å²) < 4.78 is 25.8. The first-order chi connectivity index (χ1) is 7.15. The molecule has 86 valence electrons. The van der Waals surface area contributed by atoms with Gasteiger partial charge in [-0.15, -0.1) is 0 Å². The molecule has 1 aromatic heterocycles. The Bertz CT molecular complexity index is 287. The van der Waals surface area contributed by atoms with Gasteiger partial charge in [0.15, 0.2) is 0 Å². The fourth-order valence-electron chi connectivity index (χ4n) is 1.33. The van der Waals surface area contributed by atoms with E-state index < -0.39 is 6.55 Å². The molecule has 0 saturated heterocycles. The van der Waals surface area contributed by atoms with Crippen molar-refractivity contribution < 1.29 is 8.78 Å². The van der Waals surface area contributed by atoms with Gasteiger partial charge in [0.05, 0.1) is 6.54 Å². The van der Waals surface area contributed by atoms with Crippen LogP contribution in [-0.4, -0.2) is 34.6 Å². The molecule has 0 amide bonds. The van der Waals surface area contributed by atoms with Crippen LogP contribution in [0.4, 0.5) is 8.78 Å². The molecular formula is C9H16F2N4. The van der Waals surface area contributed by atoms with E-state index >= 15 is 0 Å². The Labute approximate surface area is 87.7 Å². The monoisotopic (exact) mass is 218 g/mol. The molecular weight excluding hydrogens is 202 g/mol. The zero-order valence-corrected chi connectivity index (χ0v) is 8.74. The van der Waals surface area contributed by atoms with Gasteiger partial charge >= 0.3 is 6.55 Å². The minimum Gasteiger partial charge on any atom is -0.330 e. The summed E-state index contributed by atoms with van der Waals surface area (Å²) in [5.74, 6) is 0.379. The Morgan fingerprint density at radius 1 is 1.60 bits per heavy atom. The number of hydrogen-bond donors (Lipinski definition) is 1. The molecule has 0 atom stereocenters. The standard InChI is InChI=1S/C9H16F2N4/c1-14(5-2-3-12)7-8-13-4-6-15(8)9(10)11/h4,6,9H,2-3,5,7,12H2,1H3. The van der Waals surface area contributed by atoms with E-state index in [1.807, 2.05) is 11.9 Å². The lowest BCUT2D eigenvalue weighted by Crippen LogP contribution is -2.23. The van der Waals surface area contributed by atoms with Crippen molar-refractivity contribution in [1.29, 1.82) is 0 Å². The summed E-state index contributed by atoms with van der Waals surface area (Å²) in [5.41, 5.74) is 5.36. The van der Waals surface area contributed by atoms with Crippen LogP contribution in [0.3, 0.4) is 0 Å². The predicted octanol–water partition coefficient (Wildman–Crippen LogP) is 1.06. The highest BCUT2D eigenvalue weighted by Crippen LogP contribution is 2.13. The third-order valence-corrected chi connectivity index (χ3v) is 2.11. The lowest BCUT2D eigenvalue weighted by Gasteiger charge is -2.16. The molecule has 1 heterocycles. The Morgan fingerprint density at radius 3 is 2.93 bits per heavy atom. The second-order valence-corrected chi connectivity index (χ2v) is 3.41. The molecule has 0 bridgehead atoms. The quantitative estimate of drug-likeness (QED) is 0.776. The van der Waals surface area contributed by atoms with Gasteiger partial charge in [-0.3, -0.25) is 9.47 Å². The molecule has 0 saturated carbocycles. The number of alkyl halides is 2. The largest absolute Gasteiger partial charge is 0.330 e. The second kappa shape index (κ2) is 5.77. The number of nitrogens with zero attached hydrogens (tertiary/aromatic N) is 3. The summed E-state index contributed by atoms with van der Waals surface area (Å²) in [5, 5.41) is 0. The zero-order chi connectivity index (χ0) is 11.3. The first kappa shape index (κ1) is 12.1. The summed E-state index contributed by atoms with van der Waals surface area (Å²) in [6.45, 7) is -0.720. The van der Waals surface area contributed by atoms with Crippen LogP contribution in [0.2, 0.25) is 0 Å². The highest BCUT2D eigenvalue weighted by atomic mass is 19.3. The molecule has 4 nitrogen and oxygen atoms in total. The van der Waals surface area contributed by atoms with Crippen molar-refractivity contribution in [3.05, 3.63) is 18.2 Å². The van der Waals surface area contributed by atoms with Gasteiger partial charge in [-0.25, -0.2) is 4.98 Å². The Kier molecular flexibility index (Phi) is 4.64. The Hall–Kier alpha value is -1.01. The summed E-state index contributed by atoms with van der Waals surface area (Å²) in [6.07, 6.45) is 3.53. The number of hydrogen-bond acceptors (Lipinski definition) is 3. The third kappa shape index (κ3) is 3.56. The Balaban J connectivity index is 2.52. The van der Waals surface area contributed by atoms with E-state index in [0.717, 1.165) is 17.5 Å². The molecule has 0 aliphatic rings. The van der Waals surface area contributed by atoms with Gasteiger partial charge in [-0.1, -0.05) is 0 Å². The maximum absolute atomic E-state index is 12.4. The molecule has 0 fully saturated rings. The average Bonchev–Trinajstić information content (AvgIpc) is 2.62. The number of halogens is 2. The molecule has 0 aliphatic heterocycles. The van der Waals surface area contributed by atoms with E-state index in [2.05, 4.69) is 4.98 Å². The van der Waals surface area contributed by atoms with Crippen molar-refractivity contribution in [3.63, 3.8) is 0 Å². The van der Waals surface area contributed by atoms with Crippen LogP contribution in [0.15, 0.2) is 12.4 Å². The van der Waals surface area contributed by atoms with Crippen molar-refractivity contribution in [3.8, 4) is 0 Å². The van der Waals surface area contributed by atoms with Gasteiger partial charge in [0, 0.05) is 12.4 Å². The topological polar surface area (TPSA) is 47.1 Å². The minimum absolute atomic E-state index is 0.379. The highest BCUT2D eigenvalue weighted by Gasteiger charge is 2.12. The second-order valence-electron chi connectivity index (χ2n) is 3.41. The van der Waals surface area contributed by atoms with Crippen molar-refractivity contribution in [1.82, 2.24) is 14.5 Å². The first-order valence-electron chi connectivity index (χ1n) is 4.83. The maximum atomic E-state index is 12.4. The van der Waals surface area contributed by atoms with Crippen LogP contribution in [0.1, 0.15) is 18.8 Å². The molecule has 0 spiro atoms. The zero-order valence-electron chi connectivity index (χ0n) is 8.74. The van der Waals surface area contributed by atoms with Crippen LogP contribution in [-0.2, 0) is 6.54 Å². The average molecular weight is 218 g/mol. The molecule has 1 rings (SSSR count). The first-order valence-corrected chi connectivity index (χ1v) is 4.83. The molecule has 6 heteroatoms. The normalized spacial score (nSPS) is 11.6. The van der Waals surface area contributed by atoms with Crippen LogP contribution in [0, 0.1) is 0 Å². The lowest BCUT2D eigenvalue weighted by atomic mass is 10.4. The van der Waals surface area contributed by atoms with Crippen molar-refractivity contribution in [2.24, 2.45) is 5.73 Å². The van der Waals surface area contributed by atoms with E-state index in [9.17, 15) is 8.78 Å². The third-order valence-electron chi connectivity index (χ3n) is 2.11. The number of nitrogens with two attached hydrogens (primary N) is 1. The van der Waals surface area contributed by atoms with Gasteiger partial charge < -0.3 is 5.73 Å². The smallest absolute Gasteiger partial charge is 0.319 e. The van der Waals surface area contributed by atoms with Crippen molar-refractivity contribution >= 4 is 0 Å². The number of aromatic nitrogens is 2. The summed E-state index contributed by atoms with van der Waals surface area (Å²) in [4.78, 5) is 5.82. The van der Waals surface area contributed by atoms with Gasteiger partial charge in [-0.05, 0) is 26.6 Å². The summed E-state index contributed by atoms with van der Waals surface area (Å²) in [7, 11) is 1.86. The fraction of sp³-hybridized carbons (Fsp3) is 0.667. The van der Waals surface area contributed by atoms with Crippen molar-refractivity contribution in [2.45, 2.75) is 19.5 Å². The van der Waals surface area contributed by atoms with Crippen LogP contribution in [0.25, 0.3) is 0 Å². The van der Waals surface area contributed by atoms with Crippen LogP contribution < -0.4 is 5.73 Å². The van der Waals surface area contributed by atoms with E-state index in [-0.39, 0.29) is 0 Å². The van der Waals surface area contributed by atoms with E-state index in [1.54, 1.807) is 0 Å². The van der Waals surface area contributed by atoms with Gasteiger partial charge in [0.2, 0.25) is 0 Å². The molecule has 0 unspecified atom stereocenters. The summed E-state index contributed by atoms with van der Waals surface area (Å²) in [6, 6.07) is 0. The maximum Gasteiger partial charge on any atom is 0.319 e. The van der Waals surface area contributed by atoms with Gasteiger partial charge in [0.1, 0.15) is 5.82 Å².